The quantitative estimate of drug-likeness (QED) is 0.493. The lowest BCUT2D eigenvalue weighted by atomic mass is 9.46. The van der Waals surface area contributed by atoms with E-state index < -0.39 is 22.0 Å². The molecule has 0 aromatic carbocycles. The van der Waals surface area contributed by atoms with Crippen LogP contribution in [-0.4, -0.2) is 11.6 Å². The average Bonchev–Trinajstić information content (AvgIpc) is 2.63. The van der Waals surface area contributed by atoms with E-state index in [0.29, 0.717) is 18.4 Å². The number of fused-ring (bicyclic) bond motifs is 3. The van der Waals surface area contributed by atoms with Crippen LogP contribution >= 0.6 is 0 Å². The number of rotatable bonds is 0. The highest BCUT2D eigenvalue weighted by atomic mass is 16.1. The van der Waals surface area contributed by atoms with Gasteiger partial charge in [-0.05, 0) is 36.5 Å². The van der Waals surface area contributed by atoms with Crippen molar-refractivity contribution < 1.29 is 9.59 Å². The number of nitrogens with zero attached hydrogens (tertiary/aromatic N) is 3. The molecule has 5 heteroatoms. The number of hydrogen-bond donors (Lipinski definition) is 0. The summed E-state index contributed by atoms with van der Waals surface area (Å²) in [5.74, 6) is 4.68. The molecule has 0 unspecified atom stereocenters. The van der Waals surface area contributed by atoms with E-state index in [1.54, 1.807) is 12.2 Å². The third-order valence-electron chi connectivity index (χ3n) is 6.25. The Morgan fingerprint density at radius 1 is 1.22 bits per heavy atom. The first-order chi connectivity index (χ1) is 12.7. The Labute approximate surface area is 158 Å². The molecular weight excluding hydrogens is 338 g/mol. The second-order valence-corrected chi connectivity index (χ2v) is 7.99. The zero-order chi connectivity index (χ0) is 20.0. The largest absolute Gasteiger partial charge is 0.307 e. The summed E-state index contributed by atoms with van der Waals surface area (Å²) >= 11 is 0. The molecule has 0 saturated heterocycles. The highest BCUT2D eigenvalue weighted by molar-refractivity contribution is 6.09. The fraction of sp³-hybridized carbons (Fsp3) is 0.409. The van der Waals surface area contributed by atoms with Gasteiger partial charge in [0.05, 0.1) is 17.6 Å². The summed E-state index contributed by atoms with van der Waals surface area (Å²) in [6.07, 6.45) is 5.78. The summed E-state index contributed by atoms with van der Waals surface area (Å²) in [6, 6.07) is 3.73. The number of nitriles is 2. The van der Waals surface area contributed by atoms with Gasteiger partial charge in [-0.1, -0.05) is 32.8 Å². The van der Waals surface area contributed by atoms with Crippen LogP contribution in [0.3, 0.4) is 0 Å². The normalized spacial score (nSPS) is 33.3. The van der Waals surface area contributed by atoms with Gasteiger partial charge < -0.3 is 4.79 Å². The first-order valence-electron chi connectivity index (χ1n) is 8.62. The molecule has 0 aromatic rings. The summed E-state index contributed by atoms with van der Waals surface area (Å²) in [6.45, 7) is 13.0. The molecule has 132 valence electrons. The van der Waals surface area contributed by atoms with Gasteiger partial charge in [0.25, 0.3) is 0 Å². The van der Waals surface area contributed by atoms with Crippen LogP contribution in [0.5, 0.6) is 0 Å². The highest BCUT2D eigenvalue weighted by Gasteiger charge is 2.59. The van der Waals surface area contributed by atoms with Crippen LogP contribution in [0.4, 0.5) is 0 Å². The number of ketones is 2. The minimum absolute atomic E-state index is 0.00793. The van der Waals surface area contributed by atoms with E-state index in [4.69, 9.17) is 11.8 Å². The maximum atomic E-state index is 12.8. The SMILES string of the molecule is [C-]#[N+]C1=C[C@]2(C)C3=CC(=O)C(C#N)=C[C@]3(C#CC#N)CC[C@H]2C(C)(C)C1=O. The topological polar surface area (TPSA) is 86.1 Å². The van der Waals surface area contributed by atoms with Crippen molar-refractivity contribution in [3.8, 4) is 24.0 Å². The van der Waals surface area contributed by atoms with Gasteiger partial charge in [0.2, 0.25) is 5.70 Å². The first kappa shape index (κ1) is 18.4. The van der Waals surface area contributed by atoms with Crippen molar-refractivity contribution in [2.24, 2.45) is 22.2 Å². The Bertz CT molecular complexity index is 1060. The molecule has 0 aromatic heterocycles. The van der Waals surface area contributed by atoms with Gasteiger partial charge in [-0.25, -0.2) is 4.85 Å². The molecule has 0 heterocycles. The van der Waals surface area contributed by atoms with E-state index in [-0.39, 0.29) is 23.0 Å². The van der Waals surface area contributed by atoms with Crippen LogP contribution in [0.2, 0.25) is 0 Å². The summed E-state index contributed by atoms with van der Waals surface area (Å²) in [5.41, 5.74) is -1.69. The van der Waals surface area contributed by atoms with E-state index in [1.165, 1.54) is 6.08 Å². The van der Waals surface area contributed by atoms with Crippen molar-refractivity contribution >= 4 is 11.6 Å². The van der Waals surface area contributed by atoms with Gasteiger partial charge in [-0.2, -0.15) is 10.5 Å². The Morgan fingerprint density at radius 2 is 1.93 bits per heavy atom. The highest BCUT2D eigenvalue weighted by Crippen LogP contribution is 2.63. The average molecular weight is 355 g/mol. The molecule has 3 aliphatic carbocycles. The van der Waals surface area contributed by atoms with Crippen LogP contribution in [0.25, 0.3) is 4.85 Å². The molecule has 3 rings (SSSR count). The van der Waals surface area contributed by atoms with Crippen LogP contribution in [0, 0.1) is 63.2 Å². The molecule has 1 saturated carbocycles. The maximum Gasteiger partial charge on any atom is 0.226 e. The van der Waals surface area contributed by atoms with Gasteiger partial charge in [0.1, 0.15) is 6.07 Å². The lowest BCUT2D eigenvalue weighted by molar-refractivity contribution is -0.130. The lowest BCUT2D eigenvalue weighted by Gasteiger charge is -2.56. The predicted octanol–water partition coefficient (Wildman–Crippen LogP) is 3.29. The molecule has 1 fully saturated rings. The van der Waals surface area contributed by atoms with Gasteiger partial charge in [0.15, 0.2) is 17.6 Å². The minimum atomic E-state index is -0.917. The van der Waals surface area contributed by atoms with E-state index in [9.17, 15) is 14.9 Å². The fourth-order valence-electron chi connectivity index (χ4n) is 5.04. The van der Waals surface area contributed by atoms with Crippen molar-refractivity contribution in [3.63, 3.8) is 0 Å². The zero-order valence-corrected chi connectivity index (χ0v) is 15.4. The molecule has 27 heavy (non-hydrogen) atoms. The number of carbonyl (C=O) groups excluding carboxylic acids is 2. The second-order valence-electron chi connectivity index (χ2n) is 7.99. The molecule has 0 bridgehead atoms. The third-order valence-corrected chi connectivity index (χ3v) is 6.25. The van der Waals surface area contributed by atoms with Gasteiger partial charge in [0, 0.05) is 16.8 Å². The van der Waals surface area contributed by atoms with E-state index >= 15 is 0 Å². The number of hydrogen-bond acceptors (Lipinski definition) is 4. The van der Waals surface area contributed by atoms with Crippen molar-refractivity contribution in [1.82, 2.24) is 0 Å². The first-order valence-corrected chi connectivity index (χ1v) is 8.62. The Hall–Kier alpha value is -3.41. The van der Waals surface area contributed by atoms with Crippen LogP contribution in [0.1, 0.15) is 33.6 Å². The van der Waals surface area contributed by atoms with Crippen LogP contribution < -0.4 is 0 Å². The fourth-order valence-corrected chi connectivity index (χ4v) is 5.04. The van der Waals surface area contributed by atoms with E-state index in [2.05, 4.69) is 16.7 Å². The van der Waals surface area contributed by atoms with Crippen molar-refractivity contribution in [3.05, 3.63) is 46.5 Å². The monoisotopic (exact) mass is 355 g/mol. The lowest BCUT2D eigenvalue weighted by Crippen LogP contribution is -2.53. The van der Waals surface area contributed by atoms with Gasteiger partial charge >= 0.3 is 0 Å². The van der Waals surface area contributed by atoms with Gasteiger partial charge in [-0.3, -0.25) is 4.79 Å². The van der Waals surface area contributed by atoms with Crippen molar-refractivity contribution in [2.45, 2.75) is 33.6 Å². The zero-order valence-electron chi connectivity index (χ0n) is 15.4. The molecule has 3 aliphatic rings. The number of allylic oxidation sites excluding steroid dienone is 6. The third kappa shape index (κ3) is 2.37. The Kier molecular flexibility index (Phi) is 3.95. The summed E-state index contributed by atoms with van der Waals surface area (Å²) in [4.78, 5) is 28.6. The van der Waals surface area contributed by atoms with Crippen molar-refractivity contribution in [1.29, 1.82) is 10.5 Å². The van der Waals surface area contributed by atoms with E-state index in [1.807, 2.05) is 32.9 Å². The Balaban J connectivity index is 2.33. The molecule has 0 N–H and O–H groups in total. The van der Waals surface area contributed by atoms with Crippen LogP contribution in [0.15, 0.2) is 35.1 Å². The molecule has 0 amide bonds. The van der Waals surface area contributed by atoms with E-state index in [0.717, 1.165) is 0 Å². The second kappa shape index (κ2) is 5.81. The Morgan fingerprint density at radius 3 is 2.52 bits per heavy atom. The maximum absolute atomic E-state index is 12.8. The molecule has 0 aliphatic heterocycles. The number of Topliss-reactive ketones (excluding diaryl/α,β-unsaturated/α-hetero) is 1. The molecule has 0 spiro atoms. The molecule has 0 radical (unpaired) electrons. The van der Waals surface area contributed by atoms with Gasteiger partial charge in [-0.15, -0.1) is 0 Å². The minimum Gasteiger partial charge on any atom is -0.307 e. The predicted molar refractivity (Wildman–Crippen MR) is 96.9 cm³/mol. The summed E-state index contributed by atoms with van der Waals surface area (Å²) in [5, 5.41) is 18.3. The molecule has 5 nitrogen and oxygen atoms in total. The summed E-state index contributed by atoms with van der Waals surface area (Å²) in [7, 11) is 0. The summed E-state index contributed by atoms with van der Waals surface area (Å²) < 4.78 is 0. The molecule has 3 atom stereocenters. The molecular formula is C22H17N3O2. The number of carbonyl (C=O) groups is 2. The van der Waals surface area contributed by atoms with Crippen LogP contribution in [-0.2, 0) is 9.59 Å². The smallest absolute Gasteiger partial charge is 0.226 e. The standard InChI is InChI=1S/C22H17N3O2/c1-20(2)17-6-8-22(7-5-9-23)11-14(13-24)16(26)10-18(22)21(17,3)12-15(25-4)19(20)27/h10-12,17H,6,8H2,1-3H3/t17-,21-,22-/m0/s1. The van der Waals surface area contributed by atoms with Crippen molar-refractivity contribution in [2.75, 3.05) is 0 Å².